The molecule has 2 aliphatic carbocycles. The molecule has 0 spiro atoms. The number of rotatable bonds is 3. The van der Waals surface area contributed by atoms with Gasteiger partial charge in [-0.05, 0) is 115 Å². The Labute approximate surface area is 226 Å². The molecule has 0 heterocycles. The van der Waals surface area contributed by atoms with Gasteiger partial charge in [-0.3, -0.25) is 0 Å². The van der Waals surface area contributed by atoms with Crippen LogP contribution in [0.2, 0.25) is 0 Å². The number of halogens is 1. The highest BCUT2D eigenvalue weighted by Gasteiger charge is 2.47. The van der Waals surface area contributed by atoms with Gasteiger partial charge in [0.1, 0.15) is 0 Å². The monoisotopic (exact) mass is 572 g/mol. The smallest absolute Gasteiger partial charge is 0.0676 e. The van der Waals surface area contributed by atoms with E-state index in [1.807, 2.05) is 0 Å². The largest absolute Gasteiger partial charge is 0.0836 e. The van der Waals surface area contributed by atoms with E-state index in [0.717, 1.165) is 12.8 Å². The lowest BCUT2D eigenvalue weighted by Gasteiger charge is -2.36. The summed E-state index contributed by atoms with van der Waals surface area (Å²) >= 11 is 2.40. The average Bonchev–Trinajstić information content (AvgIpc) is 3.24. The Bertz CT molecular complexity index is 1630. The minimum Gasteiger partial charge on any atom is -0.0836 e. The topological polar surface area (TPSA) is 0 Å². The molecule has 0 N–H and O–H groups in total. The van der Waals surface area contributed by atoms with E-state index < -0.39 is 0 Å². The Hall–Kier alpha value is -3.43. The Morgan fingerprint density at radius 1 is 0.611 bits per heavy atom. The first-order valence-corrected chi connectivity index (χ1v) is 13.7. The molecule has 0 bridgehead atoms. The molecule has 36 heavy (non-hydrogen) atoms. The summed E-state index contributed by atoms with van der Waals surface area (Å²) in [5.74, 6) is 0. The minimum atomic E-state index is -0.278. The van der Waals surface area contributed by atoms with Gasteiger partial charge in [0.15, 0.2) is 0 Å². The van der Waals surface area contributed by atoms with Gasteiger partial charge in [0.25, 0.3) is 0 Å². The average molecular weight is 572 g/mol. The number of benzene rings is 5. The highest BCUT2D eigenvalue weighted by Crippen LogP contribution is 2.57. The van der Waals surface area contributed by atoms with Crippen molar-refractivity contribution in [1.29, 1.82) is 0 Å². The SMILES string of the molecule is Ic1ccc2ccc(-c3ccc4c(c3)C(c3ccccc3)(c3ccccc3)C3=C4C=CCC3)cc2c1. The molecule has 0 amide bonds. The van der Waals surface area contributed by atoms with Crippen LogP contribution in [0.5, 0.6) is 0 Å². The maximum Gasteiger partial charge on any atom is 0.0676 e. The van der Waals surface area contributed by atoms with E-state index in [-0.39, 0.29) is 5.41 Å². The van der Waals surface area contributed by atoms with Crippen molar-refractivity contribution in [2.45, 2.75) is 18.3 Å². The van der Waals surface area contributed by atoms with Crippen LogP contribution >= 0.6 is 22.6 Å². The predicted molar refractivity (Wildman–Crippen MR) is 160 cm³/mol. The van der Waals surface area contributed by atoms with E-state index in [4.69, 9.17) is 0 Å². The van der Waals surface area contributed by atoms with Crippen LogP contribution in [0, 0.1) is 3.57 Å². The molecule has 0 fully saturated rings. The first-order chi connectivity index (χ1) is 17.7. The molecule has 172 valence electrons. The fraction of sp³-hybridized carbons (Fsp3) is 0.0857. The van der Waals surface area contributed by atoms with Crippen molar-refractivity contribution in [1.82, 2.24) is 0 Å². The highest BCUT2D eigenvalue weighted by atomic mass is 127. The van der Waals surface area contributed by atoms with Gasteiger partial charge in [0.2, 0.25) is 0 Å². The zero-order valence-corrected chi connectivity index (χ0v) is 22.1. The lowest BCUT2D eigenvalue weighted by Crippen LogP contribution is -2.30. The summed E-state index contributed by atoms with van der Waals surface area (Å²) in [4.78, 5) is 0. The quantitative estimate of drug-likeness (QED) is 0.189. The molecular weight excluding hydrogens is 547 g/mol. The third kappa shape index (κ3) is 3.26. The minimum absolute atomic E-state index is 0.278. The molecule has 0 saturated heterocycles. The molecule has 5 aromatic carbocycles. The van der Waals surface area contributed by atoms with Crippen LogP contribution in [-0.2, 0) is 5.41 Å². The standard InChI is InChI=1S/C35H25I/c36-30-19-17-24-15-16-25(21-27(24)22-30)26-18-20-32-31-13-7-8-14-33(31)35(34(32)23-26,28-9-3-1-4-10-28)29-11-5-2-6-12-29/h1-7,9-13,15-23H,8,14H2. The van der Waals surface area contributed by atoms with Crippen molar-refractivity contribution in [3.8, 4) is 11.1 Å². The summed E-state index contributed by atoms with van der Waals surface area (Å²) in [6.07, 6.45) is 6.87. The summed E-state index contributed by atoms with van der Waals surface area (Å²) in [7, 11) is 0. The van der Waals surface area contributed by atoms with Gasteiger partial charge in [-0.15, -0.1) is 0 Å². The maximum atomic E-state index is 2.47. The van der Waals surface area contributed by atoms with Gasteiger partial charge in [-0.1, -0.05) is 103 Å². The Balaban J connectivity index is 1.52. The summed E-state index contributed by atoms with van der Waals surface area (Å²) in [6.45, 7) is 0. The Morgan fingerprint density at radius 2 is 1.28 bits per heavy atom. The molecule has 1 heteroatoms. The Morgan fingerprint density at radius 3 is 2.03 bits per heavy atom. The maximum absolute atomic E-state index is 2.47. The summed E-state index contributed by atoms with van der Waals surface area (Å²) < 4.78 is 1.27. The summed E-state index contributed by atoms with van der Waals surface area (Å²) in [6, 6.07) is 42.9. The van der Waals surface area contributed by atoms with Crippen LogP contribution in [0.3, 0.4) is 0 Å². The number of allylic oxidation sites excluding steroid dienone is 4. The van der Waals surface area contributed by atoms with Crippen LogP contribution in [0.1, 0.15) is 35.1 Å². The van der Waals surface area contributed by atoms with E-state index in [1.165, 1.54) is 58.9 Å². The van der Waals surface area contributed by atoms with Gasteiger partial charge >= 0.3 is 0 Å². The number of hydrogen-bond acceptors (Lipinski definition) is 0. The zero-order chi connectivity index (χ0) is 24.1. The van der Waals surface area contributed by atoms with E-state index in [0.29, 0.717) is 0 Å². The van der Waals surface area contributed by atoms with Crippen molar-refractivity contribution in [3.05, 3.63) is 159 Å². The third-order valence-corrected chi connectivity index (χ3v) is 8.56. The zero-order valence-electron chi connectivity index (χ0n) is 19.9. The molecule has 0 radical (unpaired) electrons. The molecule has 5 aromatic rings. The van der Waals surface area contributed by atoms with Crippen molar-refractivity contribution < 1.29 is 0 Å². The van der Waals surface area contributed by atoms with Crippen LogP contribution in [0.4, 0.5) is 0 Å². The van der Waals surface area contributed by atoms with Crippen LogP contribution < -0.4 is 0 Å². The fourth-order valence-corrected chi connectivity index (χ4v) is 6.85. The van der Waals surface area contributed by atoms with E-state index in [1.54, 1.807) is 0 Å². The van der Waals surface area contributed by atoms with Crippen molar-refractivity contribution in [2.24, 2.45) is 0 Å². The lowest BCUT2D eigenvalue weighted by atomic mass is 9.65. The third-order valence-electron chi connectivity index (χ3n) is 7.89. The van der Waals surface area contributed by atoms with Crippen molar-refractivity contribution >= 4 is 38.9 Å². The predicted octanol–water partition coefficient (Wildman–Crippen LogP) is 9.56. The molecule has 2 aliphatic rings. The molecule has 7 rings (SSSR count). The molecule has 0 atom stereocenters. The second kappa shape index (κ2) is 8.60. The first-order valence-electron chi connectivity index (χ1n) is 12.6. The number of fused-ring (bicyclic) bond motifs is 3. The van der Waals surface area contributed by atoms with Crippen LogP contribution in [0.15, 0.2) is 133 Å². The first kappa shape index (κ1) is 21.8. The summed E-state index contributed by atoms with van der Waals surface area (Å²) in [5, 5.41) is 2.57. The molecule has 0 unspecified atom stereocenters. The second-order valence-electron chi connectivity index (χ2n) is 9.78. The van der Waals surface area contributed by atoms with E-state index in [2.05, 4.69) is 150 Å². The van der Waals surface area contributed by atoms with Crippen LogP contribution in [0.25, 0.3) is 27.5 Å². The molecule has 0 aromatic heterocycles. The van der Waals surface area contributed by atoms with Gasteiger partial charge in [0, 0.05) is 3.57 Å². The number of hydrogen-bond donors (Lipinski definition) is 0. The molecule has 0 nitrogen and oxygen atoms in total. The van der Waals surface area contributed by atoms with Crippen molar-refractivity contribution in [2.75, 3.05) is 0 Å². The molecular formula is C35H25I. The van der Waals surface area contributed by atoms with E-state index >= 15 is 0 Å². The normalized spacial score (nSPS) is 15.7. The Kier molecular flexibility index (Phi) is 5.21. The summed E-state index contributed by atoms with van der Waals surface area (Å²) in [5.41, 5.74) is 10.7. The molecule has 0 saturated carbocycles. The van der Waals surface area contributed by atoms with Gasteiger partial charge in [0.05, 0.1) is 5.41 Å². The second-order valence-corrected chi connectivity index (χ2v) is 11.0. The van der Waals surface area contributed by atoms with Crippen molar-refractivity contribution in [3.63, 3.8) is 0 Å². The molecule has 0 aliphatic heterocycles. The van der Waals surface area contributed by atoms with Gasteiger partial charge in [-0.25, -0.2) is 0 Å². The van der Waals surface area contributed by atoms with Crippen LogP contribution in [-0.4, -0.2) is 0 Å². The van der Waals surface area contributed by atoms with E-state index in [9.17, 15) is 0 Å². The fourth-order valence-electron chi connectivity index (χ4n) is 6.34. The lowest BCUT2D eigenvalue weighted by molar-refractivity contribution is 0.697. The van der Waals surface area contributed by atoms with Gasteiger partial charge < -0.3 is 0 Å². The van der Waals surface area contributed by atoms with Gasteiger partial charge in [-0.2, -0.15) is 0 Å². The highest BCUT2D eigenvalue weighted by molar-refractivity contribution is 14.1.